The molecule has 0 heterocycles. The van der Waals surface area contributed by atoms with E-state index >= 15 is 0 Å². The highest BCUT2D eigenvalue weighted by atomic mass is 16.6. The Labute approximate surface area is 380 Å². The Morgan fingerprint density at radius 3 is 1.16 bits per heavy atom. The third kappa shape index (κ3) is 47.1. The van der Waals surface area contributed by atoms with Crippen LogP contribution in [0.3, 0.4) is 0 Å². The van der Waals surface area contributed by atoms with Gasteiger partial charge in [0.25, 0.3) is 0 Å². The average Bonchev–Trinajstić information content (AvgIpc) is 3.27. The van der Waals surface area contributed by atoms with Crippen LogP contribution in [0.5, 0.6) is 0 Å². The second-order valence-electron chi connectivity index (χ2n) is 16.0. The van der Waals surface area contributed by atoms with Crippen LogP contribution in [-0.2, 0) is 28.6 Å². The Bertz CT molecular complexity index is 1310. The number of carbonyl (C=O) groups excluding carboxylic acids is 3. The minimum atomic E-state index is -0.835. The molecular weight excluding hydrogens is 769 g/mol. The summed E-state index contributed by atoms with van der Waals surface area (Å²) in [6.07, 6.45) is 66.6. The SMILES string of the molecule is CC/C=C/C/C=C/C/C=C/CCCCCCC(=O)OC(COC(=O)CC/C=C/C/C=C/CCCCCCCC)COC(=O)CCC/C=C/C/C=C/C/C=C/C/C=C/CCCCC. The van der Waals surface area contributed by atoms with Crippen LogP contribution in [0.15, 0.2) is 109 Å². The van der Waals surface area contributed by atoms with Gasteiger partial charge in [-0.3, -0.25) is 14.4 Å². The van der Waals surface area contributed by atoms with Gasteiger partial charge in [-0.15, -0.1) is 0 Å². The molecule has 0 N–H and O–H groups in total. The highest BCUT2D eigenvalue weighted by Crippen LogP contribution is 2.11. The van der Waals surface area contributed by atoms with Gasteiger partial charge in [0.05, 0.1) is 0 Å². The van der Waals surface area contributed by atoms with Crippen LogP contribution in [0.1, 0.15) is 207 Å². The summed E-state index contributed by atoms with van der Waals surface area (Å²) in [5.41, 5.74) is 0. The molecule has 0 fully saturated rings. The third-order valence-corrected chi connectivity index (χ3v) is 9.99. The monoisotopic (exact) mass is 859 g/mol. The highest BCUT2D eigenvalue weighted by molar-refractivity contribution is 5.71. The van der Waals surface area contributed by atoms with Crippen LogP contribution in [0.4, 0.5) is 0 Å². The Kier molecular flexibility index (Phi) is 46.6. The molecule has 0 aromatic heterocycles. The smallest absolute Gasteiger partial charge is 0.306 e. The topological polar surface area (TPSA) is 78.9 Å². The van der Waals surface area contributed by atoms with E-state index in [1.54, 1.807) is 0 Å². The fourth-order valence-corrected chi connectivity index (χ4v) is 6.26. The van der Waals surface area contributed by atoms with Gasteiger partial charge in [0, 0.05) is 19.3 Å². The van der Waals surface area contributed by atoms with Crippen molar-refractivity contribution in [2.24, 2.45) is 0 Å². The van der Waals surface area contributed by atoms with Crippen LogP contribution < -0.4 is 0 Å². The molecule has 1 atom stereocenters. The van der Waals surface area contributed by atoms with Gasteiger partial charge in [0.2, 0.25) is 0 Å². The van der Waals surface area contributed by atoms with Crippen molar-refractivity contribution >= 4 is 17.9 Å². The van der Waals surface area contributed by atoms with Gasteiger partial charge in [-0.1, -0.05) is 188 Å². The number of hydrogen-bond donors (Lipinski definition) is 0. The summed E-state index contributed by atoms with van der Waals surface area (Å²) in [6.45, 7) is 6.34. The van der Waals surface area contributed by atoms with Crippen molar-refractivity contribution in [3.8, 4) is 0 Å². The van der Waals surface area contributed by atoms with Gasteiger partial charge in [-0.05, 0) is 109 Å². The Balaban J connectivity index is 4.59. The number of esters is 3. The van der Waals surface area contributed by atoms with Crippen LogP contribution in [0.25, 0.3) is 0 Å². The summed E-state index contributed by atoms with van der Waals surface area (Å²) in [5, 5.41) is 0. The van der Waals surface area contributed by atoms with Gasteiger partial charge < -0.3 is 14.2 Å². The first-order valence-electron chi connectivity index (χ1n) is 24.9. The van der Waals surface area contributed by atoms with Crippen molar-refractivity contribution in [2.75, 3.05) is 13.2 Å². The molecule has 0 aliphatic heterocycles. The number of hydrogen-bond acceptors (Lipinski definition) is 6. The molecule has 6 heteroatoms. The van der Waals surface area contributed by atoms with E-state index in [1.165, 1.54) is 64.2 Å². The maximum absolute atomic E-state index is 12.8. The molecule has 0 aliphatic carbocycles. The van der Waals surface area contributed by atoms with Gasteiger partial charge in [-0.25, -0.2) is 0 Å². The number of unbranched alkanes of at least 4 members (excludes halogenated alkanes) is 14. The zero-order valence-corrected chi connectivity index (χ0v) is 39.8. The van der Waals surface area contributed by atoms with Gasteiger partial charge in [-0.2, -0.15) is 0 Å². The lowest BCUT2D eigenvalue weighted by Gasteiger charge is -2.18. The van der Waals surface area contributed by atoms with E-state index in [4.69, 9.17) is 14.2 Å². The quantitative estimate of drug-likeness (QED) is 0.0263. The predicted molar refractivity (Wildman–Crippen MR) is 265 cm³/mol. The number of ether oxygens (including phenoxy) is 3. The second kappa shape index (κ2) is 49.7. The molecular formula is C56H90O6. The number of allylic oxidation sites excluding steroid dienone is 18. The lowest BCUT2D eigenvalue weighted by Crippen LogP contribution is -2.30. The first-order valence-corrected chi connectivity index (χ1v) is 24.9. The average molecular weight is 859 g/mol. The third-order valence-electron chi connectivity index (χ3n) is 9.99. The fraction of sp³-hybridized carbons (Fsp3) is 0.625. The molecule has 0 spiro atoms. The second-order valence-corrected chi connectivity index (χ2v) is 16.0. The number of rotatable bonds is 43. The van der Waals surface area contributed by atoms with Crippen molar-refractivity contribution in [2.45, 2.75) is 213 Å². The van der Waals surface area contributed by atoms with Crippen LogP contribution in [0, 0.1) is 0 Å². The Morgan fingerprint density at radius 2 is 0.677 bits per heavy atom. The Hall–Kier alpha value is -3.93. The van der Waals surface area contributed by atoms with E-state index in [1.807, 2.05) is 6.08 Å². The first-order chi connectivity index (χ1) is 30.5. The molecule has 350 valence electrons. The fourth-order valence-electron chi connectivity index (χ4n) is 6.26. The standard InChI is InChI=1S/C56H90O6/c1-4-7-10-13-16-19-22-25-27-28-29-32-34-37-40-43-46-49-55(58)61-52-53(51-60-54(57)48-45-42-39-36-33-30-24-21-18-15-12-9-6-3)62-56(59)50-47-44-41-38-35-31-26-23-20-17-14-11-8-5-2/h8,11,16-17,19-20,25-27,29-33,37,39-40,42,53H,4-7,9-10,12-15,18,21-24,28,34-36,38,41,43-52H2,1-3H3/b11-8+,19-16+,20-17+,27-25+,31-26+,32-29+,33-30+,40-37+,42-39+. The molecule has 62 heavy (non-hydrogen) atoms. The van der Waals surface area contributed by atoms with Crippen molar-refractivity contribution in [3.05, 3.63) is 109 Å². The maximum atomic E-state index is 12.8. The van der Waals surface area contributed by atoms with Crippen LogP contribution in [-0.4, -0.2) is 37.2 Å². The molecule has 0 bridgehead atoms. The van der Waals surface area contributed by atoms with Gasteiger partial charge >= 0.3 is 17.9 Å². The van der Waals surface area contributed by atoms with E-state index in [0.29, 0.717) is 12.8 Å². The van der Waals surface area contributed by atoms with Crippen molar-refractivity contribution < 1.29 is 28.6 Å². The van der Waals surface area contributed by atoms with Crippen LogP contribution in [0.2, 0.25) is 0 Å². The van der Waals surface area contributed by atoms with E-state index < -0.39 is 6.10 Å². The van der Waals surface area contributed by atoms with E-state index in [0.717, 1.165) is 89.9 Å². The molecule has 0 saturated heterocycles. The van der Waals surface area contributed by atoms with E-state index in [9.17, 15) is 14.4 Å². The van der Waals surface area contributed by atoms with E-state index in [2.05, 4.69) is 124 Å². The molecule has 6 nitrogen and oxygen atoms in total. The normalized spacial score (nSPS) is 13.0. The molecule has 0 amide bonds. The molecule has 0 aliphatic rings. The predicted octanol–water partition coefficient (Wildman–Crippen LogP) is 16.4. The molecule has 1 unspecified atom stereocenters. The summed E-state index contributed by atoms with van der Waals surface area (Å²) >= 11 is 0. The maximum Gasteiger partial charge on any atom is 0.306 e. The summed E-state index contributed by atoms with van der Waals surface area (Å²) in [5.74, 6) is -1.09. The van der Waals surface area contributed by atoms with Gasteiger partial charge in [0.1, 0.15) is 13.2 Å². The summed E-state index contributed by atoms with van der Waals surface area (Å²) in [6, 6.07) is 0. The molecule has 0 aromatic rings. The zero-order chi connectivity index (χ0) is 45.1. The molecule has 0 rings (SSSR count). The molecule has 0 aromatic carbocycles. The lowest BCUT2D eigenvalue weighted by molar-refractivity contribution is -0.166. The molecule has 0 radical (unpaired) electrons. The van der Waals surface area contributed by atoms with Gasteiger partial charge in [0.15, 0.2) is 6.10 Å². The summed E-state index contributed by atoms with van der Waals surface area (Å²) in [7, 11) is 0. The van der Waals surface area contributed by atoms with Crippen LogP contribution >= 0.6 is 0 Å². The zero-order valence-electron chi connectivity index (χ0n) is 39.8. The minimum absolute atomic E-state index is 0.135. The summed E-state index contributed by atoms with van der Waals surface area (Å²) in [4.78, 5) is 37.9. The van der Waals surface area contributed by atoms with Crippen molar-refractivity contribution in [1.82, 2.24) is 0 Å². The lowest BCUT2D eigenvalue weighted by atomic mass is 10.1. The van der Waals surface area contributed by atoms with Crippen molar-refractivity contribution in [1.29, 1.82) is 0 Å². The van der Waals surface area contributed by atoms with E-state index in [-0.39, 0.29) is 50.4 Å². The summed E-state index contributed by atoms with van der Waals surface area (Å²) < 4.78 is 16.6. The Morgan fingerprint density at radius 1 is 0.339 bits per heavy atom. The van der Waals surface area contributed by atoms with Crippen molar-refractivity contribution in [3.63, 3.8) is 0 Å². The molecule has 0 saturated carbocycles. The minimum Gasteiger partial charge on any atom is -0.462 e. The highest BCUT2D eigenvalue weighted by Gasteiger charge is 2.19. The number of carbonyl (C=O) groups is 3. The first kappa shape index (κ1) is 58.1. The largest absolute Gasteiger partial charge is 0.462 e.